The van der Waals surface area contributed by atoms with Crippen LogP contribution >= 0.6 is 0 Å². The summed E-state index contributed by atoms with van der Waals surface area (Å²) in [4.78, 5) is 11.5. The highest BCUT2D eigenvalue weighted by molar-refractivity contribution is 5.90. The molecule has 0 aliphatic heterocycles. The minimum absolute atomic E-state index is 0.274. The van der Waals surface area contributed by atoms with Crippen LogP contribution in [0.5, 0.6) is 0 Å². The molecule has 1 rings (SSSR count). The van der Waals surface area contributed by atoms with Gasteiger partial charge in [-0.3, -0.25) is 4.68 Å². The van der Waals surface area contributed by atoms with Gasteiger partial charge in [0.25, 0.3) is 0 Å². The van der Waals surface area contributed by atoms with E-state index in [0.717, 1.165) is 18.5 Å². The number of ether oxygens (including phenoxy) is 1. The van der Waals surface area contributed by atoms with Crippen molar-refractivity contribution in [1.82, 2.24) is 9.78 Å². The molecule has 0 saturated heterocycles. The Morgan fingerprint density at radius 3 is 2.86 bits per heavy atom. The van der Waals surface area contributed by atoms with Crippen LogP contribution in [0.4, 0.5) is 0 Å². The summed E-state index contributed by atoms with van der Waals surface area (Å²) in [6, 6.07) is 0. The summed E-state index contributed by atoms with van der Waals surface area (Å²) in [7, 11) is 1.84. The largest absolute Gasteiger partial charge is 0.462 e. The molecule has 0 N–H and O–H groups in total. The van der Waals surface area contributed by atoms with Gasteiger partial charge in [0, 0.05) is 7.05 Å². The maximum Gasteiger partial charge on any atom is 0.341 e. The highest BCUT2D eigenvalue weighted by atomic mass is 16.5. The molecule has 0 amide bonds. The minimum Gasteiger partial charge on any atom is -0.462 e. The first-order valence-corrected chi connectivity index (χ1v) is 4.88. The highest BCUT2D eigenvalue weighted by Crippen LogP contribution is 2.11. The Labute approximate surface area is 83.9 Å². The van der Waals surface area contributed by atoms with Gasteiger partial charge >= 0.3 is 5.97 Å². The quantitative estimate of drug-likeness (QED) is 0.686. The molecule has 1 heterocycles. The molecule has 0 fully saturated rings. The zero-order chi connectivity index (χ0) is 10.6. The molecular formula is C10H16N2O2. The third-order valence-corrected chi connectivity index (χ3v) is 2.04. The van der Waals surface area contributed by atoms with Crippen molar-refractivity contribution >= 4 is 5.97 Å². The SMILES string of the molecule is CCCc1c(C(=O)OCC)cnn1C. The van der Waals surface area contributed by atoms with Gasteiger partial charge in [-0.25, -0.2) is 4.79 Å². The molecule has 0 spiro atoms. The lowest BCUT2D eigenvalue weighted by molar-refractivity contribution is 0.0525. The molecule has 1 aromatic heterocycles. The molecule has 0 aromatic carbocycles. The van der Waals surface area contributed by atoms with Crippen molar-refractivity contribution < 1.29 is 9.53 Å². The van der Waals surface area contributed by atoms with Crippen LogP contribution in [-0.4, -0.2) is 22.4 Å². The third kappa shape index (κ3) is 2.13. The Kier molecular flexibility index (Phi) is 3.68. The number of carbonyl (C=O) groups excluding carboxylic acids is 1. The molecule has 0 aliphatic carbocycles. The summed E-state index contributed by atoms with van der Waals surface area (Å²) >= 11 is 0. The number of hydrogen-bond acceptors (Lipinski definition) is 3. The first-order valence-electron chi connectivity index (χ1n) is 4.88. The van der Waals surface area contributed by atoms with E-state index in [1.54, 1.807) is 17.8 Å². The first-order chi connectivity index (χ1) is 6.70. The summed E-state index contributed by atoms with van der Waals surface area (Å²) in [5.74, 6) is -0.274. The van der Waals surface area contributed by atoms with Crippen LogP contribution in [0.25, 0.3) is 0 Å². The molecule has 14 heavy (non-hydrogen) atoms. The maximum absolute atomic E-state index is 11.5. The molecule has 0 unspecified atom stereocenters. The van der Waals surface area contributed by atoms with Crippen molar-refractivity contribution in [3.8, 4) is 0 Å². The Morgan fingerprint density at radius 2 is 2.29 bits per heavy atom. The number of carbonyl (C=O) groups is 1. The van der Waals surface area contributed by atoms with Crippen LogP contribution in [0.3, 0.4) is 0 Å². The number of esters is 1. The first kappa shape index (κ1) is 10.8. The molecule has 0 saturated carbocycles. The van der Waals surface area contributed by atoms with Crippen molar-refractivity contribution in [2.24, 2.45) is 7.05 Å². The predicted molar refractivity (Wildman–Crippen MR) is 53.2 cm³/mol. The average molecular weight is 196 g/mol. The van der Waals surface area contributed by atoms with E-state index in [0.29, 0.717) is 12.2 Å². The topological polar surface area (TPSA) is 44.1 Å². The normalized spacial score (nSPS) is 10.2. The van der Waals surface area contributed by atoms with Gasteiger partial charge < -0.3 is 4.74 Å². The van der Waals surface area contributed by atoms with Gasteiger partial charge in [0.1, 0.15) is 5.56 Å². The number of hydrogen-bond donors (Lipinski definition) is 0. The fourth-order valence-corrected chi connectivity index (χ4v) is 1.38. The monoisotopic (exact) mass is 196 g/mol. The van der Waals surface area contributed by atoms with E-state index in [1.165, 1.54) is 0 Å². The number of aromatic nitrogens is 2. The van der Waals surface area contributed by atoms with Crippen LogP contribution in [0.15, 0.2) is 6.20 Å². The lowest BCUT2D eigenvalue weighted by atomic mass is 10.1. The zero-order valence-electron chi connectivity index (χ0n) is 8.91. The van der Waals surface area contributed by atoms with Gasteiger partial charge in [-0.15, -0.1) is 0 Å². The summed E-state index contributed by atoms with van der Waals surface area (Å²) < 4.78 is 6.67. The molecule has 1 aromatic rings. The fraction of sp³-hybridized carbons (Fsp3) is 0.600. The predicted octanol–water partition coefficient (Wildman–Crippen LogP) is 1.55. The molecule has 4 nitrogen and oxygen atoms in total. The molecule has 0 atom stereocenters. The lowest BCUT2D eigenvalue weighted by Crippen LogP contribution is -2.08. The minimum atomic E-state index is -0.274. The van der Waals surface area contributed by atoms with Gasteiger partial charge in [-0.2, -0.15) is 5.10 Å². The fourth-order valence-electron chi connectivity index (χ4n) is 1.38. The van der Waals surface area contributed by atoms with Crippen molar-refractivity contribution in [3.63, 3.8) is 0 Å². The summed E-state index contributed by atoms with van der Waals surface area (Å²) in [6.07, 6.45) is 3.42. The van der Waals surface area contributed by atoms with E-state index < -0.39 is 0 Å². The van der Waals surface area contributed by atoms with Crippen LogP contribution in [-0.2, 0) is 18.2 Å². The van der Waals surface area contributed by atoms with E-state index in [1.807, 2.05) is 7.05 Å². The van der Waals surface area contributed by atoms with Gasteiger partial charge in [0.05, 0.1) is 18.5 Å². The molecule has 0 bridgehead atoms. The van der Waals surface area contributed by atoms with Crippen LogP contribution in [0.1, 0.15) is 36.3 Å². The van der Waals surface area contributed by atoms with Crippen LogP contribution in [0, 0.1) is 0 Å². The van der Waals surface area contributed by atoms with Crippen LogP contribution in [0.2, 0.25) is 0 Å². The Balaban J connectivity index is 2.90. The molecule has 4 heteroatoms. The zero-order valence-corrected chi connectivity index (χ0v) is 8.91. The summed E-state index contributed by atoms with van der Waals surface area (Å²) in [6.45, 7) is 4.27. The van der Waals surface area contributed by atoms with E-state index in [9.17, 15) is 4.79 Å². The number of nitrogens with zero attached hydrogens (tertiary/aromatic N) is 2. The van der Waals surface area contributed by atoms with Crippen molar-refractivity contribution in [2.45, 2.75) is 26.7 Å². The second-order valence-corrected chi connectivity index (χ2v) is 3.10. The van der Waals surface area contributed by atoms with Gasteiger partial charge in [0.2, 0.25) is 0 Å². The van der Waals surface area contributed by atoms with E-state index in [-0.39, 0.29) is 5.97 Å². The second kappa shape index (κ2) is 4.79. The standard InChI is InChI=1S/C10H16N2O2/c1-4-6-9-8(7-11-12(9)3)10(13)14-5-2/h7H,4-6H2,1-3H3. The van der Waals surface area contributed by atoms with E-state index >= 15 is 0 Å². The van der Waals surface area contributed by atoms with Crippen LogP contribution < -0.4 is 0 Å². The number of rotatable bonds is 4. The summed E-state index contributed by atoms with van der Waals surface area (Å²) in [5.41, 5.74) is 1.54. The van der Waals surface area contributed by atoms with Crippen molar-refractivity contribution in [1.29, 1.82) is 0 Å². The average Bonchev–Trinajstić information content (AvgIpc) is 2.50. The highest BCUT2D eigenvalue weighted by Gasteiger charge is 2.15. The second-order valence-electron chi connectivity index (χ2n) is 3.10. The van der Waals surface area contributed by atoms with Gasteiger partial charge in [-0.05, 0) is 13.3 Å². The summed E-state index contributed by atoms with van der Waals surface area (Å²) in [5, 5.41) is 4.05. The van der Waals surface area contributed by atoms with Crippen molar-refractivity contribution in [3.05, 3.63) is 17.5 Å². The molecule has 0 aliphatic rings. The smallest absolute Gasteiger partial charge is 0.341 e. The van der Waals surface area contributed by atoms with Gasteiger partial charge in [0.15, 0.2) is 0 Å². The van der Waals surface area contributed by atoms with Gasteiger partial charge in [-0.1, -0.05) is 13.3 Å². The molecular weight excluding hydrogens is 180 g/mol. The van der Waals surface area contributed by atoms with E-state index in [4.69, 9.17) is 4.74 Å². The molecule has 0 radical (unpaired) electrons. The van der Waals surface area contributed by atoms with Crippen molar-refractivity contribution in [2.75, 3.05) is 6.61 Å². The molecule has 78 valence electrons. The Bertz CT molecular complexity index is 318. The number of aryl methyl sites for hydroxylation is 1. The Morgan fingerprint density at radius 1 is 1.57 bits per heavy atom. The Hall–Kier alpha value is -1.32. The third-order valence-electron chi connectivity index (χ3n) is 2.04. The maximum atomic E-state index is 11.5. The lowest BCUT2D eigenvalue weighted by Gasteiger charge is -2.03. The van der Waals surface area contributed by atoms with E-state index in [2.05, 4.69) is 12.0 Å².